The summed E-state index contributed by atoms with van der Waals surface area (Å²) in [6, 6.07) is 6.60. The zero-order valence-electron chi connectivity index (χ0n) is 11.3. The van der Waals surface area contributed by atoms with E-state index in [2.05, 4.69) is 37.7 Å². The van der Waals surface area contributed by atoms with Gasteiger partial charge in [0, 0.05) is 17.3 Å². The van der Waals surface area contributed by atoms with Crippen LogP contribution in [0, 0.1) is 5.82 Å². The number of benzene rings is 1. The maximum atomic E-state index is 13.0. The van der Waals surface area contributed by atoms with Crippen LogP contribution in [-0.4, -0.2) is 9.97 Å². The number of H-pyrrole nitrogens is 1. The molecular weight excluding hydrogens is 227 g/mol. The van der Waals surface area contributed by atoms with Gasteiger partial charge in [-0.1, -0.05) is 26.0 Å². The third-order valence-corrected chi connectivity index (χ3v) is 3.38. The molecule has 2 rings (SSSR count). The van der Waals surface area contributed by atoms with Crippen molar-refractivity contribution >= 4 is 0 Å². The van der Waals surface area contributed by atoms with E-state index in [1.165, 1.54) is 12.1 Å². The molecule has 0 fully saturated rings. The molecule has 1 heterocycles. The second kappa shape index (κ2) is 4.56. The van der Waals surface area contributed by atoms with Crippen molar-refractivity contribution in [1.29, 1.82) is 0 Å². The molecule has 0 unspecified atom stereocenters. The average Bonchev–Trinajstić information content (AvgIpc) is 2.79. The second-order valence-electron chi connectivity index (χ2n) is 5.47. The summed E-state index contributed by atoms with van der Waals surface area (Å²) in [7, 11) is 0. The molecule has 2 aromatic rings. The van der Waals surface area contributed by atoms with Gasteiger partial charge in [-0.05, 0) is 37.5 Å². The molecule has 0 spiro atoms. The van der Waals surface area contributed by atoms with E-state index in [0.717, 1.165) is 17.1 Å². The summed E-state index contributed by atoms with van der Waals surface area (Å²) >= 11 is 0. The Morgan fingerprint density at radius 3 is 2.28 bits per heavy atom. The second-order valence-corrected chi connectivity index (χ2v) is 5.47. The first kappa shape index (κ1) is 12.8. The van der Waals surface area contributed by atoms with E-state index in [1.54, 1.807) is 0 Å². The lowest BCUT2D eigenvalue weighted by Gasteiger charge is -2.23. The molecule has 0 atom stereocenters. The summed E-state index contributed by atoms with van der Waals surface area (Å²) < 4.78 is 13.0. The molecule has 0 bridgehead atoms. The Kier molecular flexibility index (Phi) is 3.24. The van der Waals surface area contributed by atoms with Crippen molar-refractivity contribution in [2.45, 2.75) is 39.0 Å². The summed E-state index contributed by atoms with van der Waals surface area (Å²) in [6.45, 7) is 8.43. The Morgan fingerprint density at radius 1 is 1.17 bits per heavy atom. The van der Waals surface area contributed by atoms with E-state index in [-0.39, 0.29) is 11.2 Å². The van der Waals surface area contributed by atoms with Crippen LogP contribution in [0.15, 0.2) is 30.5 Å². The number of hydrogen-bond acceptors (Lipinski definition) is 1. The largest absolute Gasteiger partial charge is 0.345 e. The fraction of sp³-hybridized carbons (Fsp3) is 0.400. The van der Waals surface area contributed by atoms with E-state index >= 15 is 0 Å². The van der Waals surface area contributed by atoms with E-state index in [1.807, 2.05) is 18.3 Å². The van der Waals surface area contributed by atoms with Crippen molar-refractivity contribution in [1.82, 2.24) is 9.97 Å². The van der Waals surface area contributed by atoms with E-state index in [0.29, 0.717) is 5.92 Å². The van der Waals surface area contributed by atoms with Crippen LogP contribution in [0.4, 0.5) is 4.39 Å². The maximum Gasteiger partial charge on any atom is 0.123 e. The fourth-order valence-corrected chi connectivity index (χ4v) is 1.95. The smallest absolute Gasteiger partial charge is 0.123 e. The summed E-state index contributed by atoms with van der Waals surface area (Å²) in [6.07, 6.45) is 1.88. The number of halogens is 1. The van der Waals surface area contributed by atoms with Gasteiger partial charge in [0.2, 0.25) is 0 Å². The van der Waals surface area contributed by atoms with Crippen molar-refractivity contribution in [3.63, 3.8) is 0 Å². The third-order valence-electron chi connectivity index (χ3n) is 3.38. The first-order valence-corrected chi connectivity index (χ1v) is 6.22. The summed E-state index contributed by atoms with van der Waals surface area (Å²) in [5.41, 5.74) is 1.93. The number of nitrogens with zero attached hydrogens (tertiary/aromatic N) is 1. The Labute approximate surface area is 107 Å². The molecule has 0 radical (unpaired) electrons. The summed E-state index contributed by atoms with van der Waals surface area (Å²) in [5.74, 6) is 1.13. The lowest BCUT2D eigenvalue weighted by molar-refractivity contribution is 0.587. The van der Waals surface area contributed by atoms with E-state index < -0.39 is 0 Å². The van der Waals surface area contributed by atoms with E-state index in [9.17, 15) is 4.39 Å². The normalized spacial score (nSPS) is 12.1. The van der Waals surface area contributed by atoms with Gasteiger partial charge in [0.15, 0.2) is 0 Å². The lowest BCUT2D eigenvalue weighted by atomic mass is 9.84. The Bertz CT molecular complexity index is 524. The quantitative estimate of drug-likeness (QED) is 0.871. The monoisotopic (exact) mass is 246 g/mol. The molecule has 1 N–H and O–H groups in total. The molecule has 1 aromatic heterocycles. The van der Waals surface area contributed by atoms with Crippen molar-refractivity contribution in [3.05, 3.63) is 53.4 Å². The predicted molar refractivity (Wildman–Crippen MR) is 71.2 cm³/mol. The SMILES string of the molecule is CC(C)c1cnc(C(C)(C)c2ccc(F)cc2)[nH]1. The molecule has 2 nitrogen and oxygen atoms in total. The Morgan fingerprint density at radius 2 is 1.78 bits per heavy atom. The number of aromatic nitrogens is 2. The van der Waals surface area contributed by atoms with Crippen LogP contribution in [0.25, 0.3) is 0 Å². The first-order chi connectivity index (χ1) is 8.41. The number of aromatic amines is 1. The molecule has 0 aliphatic carbocycles. The topological polar surface area (TPSA) is 28.7 Å². The van der Waals surface area contributed by atoms with Crippen molar-refractivity contribution < 1.29 is 4.39 Å². The number of imidazole rings is 1. The van der Waals surface area contributed by atoms with Crippen molar-refractivity contribution in [2.24, 2.45) is 0 Å². The molecule has 96 valence electrons. The number of rotatable bonds is 3. The van der Waals surface area contributed by atoms with Crippen molar-refractivity contribution in [3.8, 4) is 0 Å². The molecule has 0 saturated carbocycles. The van der Waals surface area contributed by atoms with Gasteiger partial charge in [-0.3, -0.25) is 0 Å². The minimum absolute atomic E-state index is 0.211. The summed E-state index contributed by atoms with van der Waals surface area (Å²) in [5, 5.41) is 0. The average molecular weight is 246 g/mol. The highest BCUT2D eigenvalue weighted by atomic mass is 19.1. The van der Waals surface area contributed by atoms with Gasteiger partial charge in [0.05, 0.1) is 0 Å². The van der Waals surface area contributed by atoms with Gasteiger partial charge in [0.25, 0.3) is 0 Å². The van der Waals surface area contributed by atoms with E-state index in [4.69, 9.17) is 0 Å². The molecule has 0 saturated heterocycles. The van der Waals surface area contributed by atoms with Crippen LogP contribution in [0.1, 0.15) is 50.7 Å². The van der Waals surface area contributed by atoms with Gasteiger partial charge in [-0.25, -0.2) is 9.37 Å². The molecule has 0 aliphatic heterocycles. The predicted octanol–water partition coefficient (Wildman–Crippen LogP) is 4.00. The van der Waals surface area contributed by atoms with Crippen molar-refractivity contribution in [2.75, 3.05) is 0 Å². The van der Waals surface area contributed by atoms with Gasteiger partial charge in [-0.15, -0.1) is 0 Å². The zero-order valence-corrected chi connectivity index (χ0v) is 11.3. The molecule has 3 heteroatoms. The highest BCUT2D eigenvalue weighted by Crippen LogP contribution is 2.30. The molecule has 18 heavy (non-hydrogen) atoms. The fourth-order valence-electron chi connectivity index (χ4n) is 1.95. The van der Waals surface area contributed by atoms with Gasteiger partial charge >= 0.3 is 0 Å². The Hall–Kier alpha value is -1.64. The zero-order chi connectivity index (χ0) is 13.3. The lowest BCUT2D eigenvalue weighted by Crippen LogP contribution is -2.20. The van der Waals surface area contributed by atoms with Crippen LogP contribution in [0.2, 0.25) is 0 Å². The van der Waals surface area contributed by atoms with Gasteiger partial charge < -0.3 is 4.98 Å². The van der Waals surface area contributed by atoms with Crippen LogP contribution in [0.5, 0.6) is 0 Å². The molecular formula is C15H19FN2. The van der Waals surface area contributed by atoms with Crippen LogP contribution in [0.3, 0.4) is 0 Å². The highest BCUT2D eigenvalue weighted by Gasteiger charge is 2.26. The van der Waals surface area contributed by atoms with Gasteiger partial charge in [-0.2, -0.15) is 0 Å². The highest BCUT2D eigenvalue weighted by molar-refractivity contribution is 5.31. The summed E-state index contributed by atoms with van der Waals surface area (Å²) in [4.78, 5) is 7.82. The molecule has 1 aromatic carbocycles. The minimum atomic E-state index is -0.249. The number of nitrogens with one attached hydrogen (secondary N) is 1. The minimum Gasteiger partial charge on any atom is -0.345 e. The van der Waals surface area contributed by atoms with Crippen LogP contribution >= 0.6 is 0 Å². The van der Waals surface area contributed by atoms with Crippen LogP contribution in [-0.2, 0) is 5.41 Å². The first-order valence-electron chi connectivity index (χ1n) is 6.22. The standard InChI is InChI=1S/C15H19FN2/c1-10(2)13-9-17-14(18-13)15(3,4)11-5-7-12(16)8-6-11/h5-10H,1-4H3,(H,17,18). The van der Waals surface area contributed by atoms with Crippen LogP contribution < -0.4 is 0 Å². The molecule has 0 aliphatic rings. The van der Waals surface area contributed by atoms with Gasteiger partial charge in [0.1, 0.15) is 11.6 Å². The number of hydrogen-bond donors (Lipinski definition) is 1. The maximum absolute atomic E-state index is 13.0. The Balaban J connectivity index is 2.37. The molecule has 0 amide bonds. The third kappa shape index (κ3) is 2.30.